The van der Waals surface area contributed by atoms with E-state index < -0.39 is 5.60 Å². The first-order valence-electron chi connectivity index (χ1n) is 11.8. The van der Waals surface area contributed by atoms with Crippen molar-refractivity contribution in [3.05, 3.63) is 41.2 Å². The van der Waals surface area contributed by atoms with Crippen LogP contribution in [0, 0.1) is 5.92 Å². The number of nitrogens with one attached hydrogen (secondary N) is 1. The average molecular weight is 489 g/mol. The van der Waals surface area contributed by atoms with Crippen molar-refractivity contribution in [1.29, 1.82) is 0 Å². The van der Waals surface area contributed by atoms with Crippen LogP contribution in [0.15, 0.2) is 30.6 Å². The predicted molar refractivity (Wildman–Crippen MR) is 131 cm³/mol. The van der Waals surface area contributed by atoms with Crippen molar-refractivity contribution in [1.82, 2.24) is 15.3 Å². The number of benzene rings is 1. The van der Waals surface area contributed by atoms with E-state index in [9.17, 15) is 9.90 Å². The number of halogens is 1. The molecule has 1 aromatic heterocycles. The quantitative estimate of drug-likeness (QED) is 0.527. The molecule has 2 atom stereocenters. The van der Waals surface area contributed by atoms with E-state index in [0.717, 1.165) is 43.7 Å². The van der Waals surface area contributed by atoms with Crippen LogP contribution in [0.25, 0.3) is 0 Å². The molecule has 1 amide bonds. The van der Waals surface area contributed by atoms with Gasteiger partial charge in [0.1, 0.15) is 23.7 Å². The molecule has 34 heavy (non-hydrogen) atoms. The van der Waals surface area contributed by atoms with E-state index >= 15 is 0 Å². The molecule has 2 unspecified atom stereocenters. The SMILES string of the molecule is CC(C(=O)NC1CC1)c1ccc(OCC2CCN(c3ncnc(OCC(C)(C)O)c3Cl)C2)cc1. The number of hydrogen-bond acceptors (Lipinski definition) is 7. The molecule has 2 aromatic rings. The van der Waals surface area contributed by atoms with Crippen molar-refractivity contribution in [3.8, 4) is 11.6 Å². The van der Waals surface area contributed by atoms with Gasteiger partial charge in [0.05, 0.1) is 18.1 Å². The second-order valence-electron chi connectivity index (χ2n) is 9.90. The fraction of sp³-hybridized carbons (Fsp3) is 0.560. The summed E-state index contributed by atoms with van der Waals surface area (Å²) < 4.78 is 11.6. The highest BCUT2D eigenvalue weighted by Gasteiger charge is 2.28. The maximum atomic E-state index is 12.3. The number of hydrogen-bond donors (Lipinski definition) is 2. The molecule has 0 radical (unpaired) electrons. The molecule has 1 aliphatic heterocycles. The van der Waals surface area contributed by atoms with Crippen LogP contribution in [-0.4, -0.2) is 58.9 Å². The van der Waals surface area contributed by atoms with Gasteiger partial charge in [-0.1, -0.05) is 23.7 Å². The van der Waals surface area contributed by atoms with E-state index in [1.807, 2.05) is 31.2 Å². The molecular weight excluding hydrogens is 456 g/mol. The van der Waals surface area contributed by atoms with Gasteiger partial charge in [-0.3, -0.25) is 4.79 Å². The highest BCUT2D eigenvalue weighted by atomic mass is 35.5. The van der Waals surface area contributed by atoms with Crippen LogP contribution in [0.5, 0.6) is 11.6 Å². The summed E-state index contributed by atoms with van der Waals surface area (Å²) in [6.45, 7) is 7.49. The minimum absolute atomic E-state index is 0.0826. The van der Waals surface area contributed by atoms with E-state index in [1.165, 1.54) is 6.33 Å². The van der Waals surface area contributed by atoms with Crippen molar-refractivity contribution in [2.24, 2.45) is 5.92 Å². The zero-order chi connectivity index (χ0) is 24.3. The lowest BCUT2D eigenvalue weighted by atomic mass is 10.0. The number of amides is 1. The number of nitrogens with zero attached hydrogens (tertiary/aromatic N) is 3. The van der Waals surface area contributed by atoms with Crippen molar-refractivity contribution in [2.75, 3.05) is 31.2 Å². The molecule has 0 spiro atoms. The number of aromatic nitrogens is 2. The third-order valence-corrected chi connectivity index (χ3v) is 6.40. The van der Waals surface area contributed by atoms with Crippen molar-refractivity contribution < 1.29 is 19.4 Å². The molecule has 2 heterocycles. The largest absolute Gasteiger partial charge is 0.493 e. The molecule has 2 fully saturated rings. The molecule has 1 saturated carbocycles. The predicted octanol–water partition coefficient (Wildman–Crippen LogP) is 3.57. The number of ether oxygens (including phenoxy) is 2. The fourth-order valence-corrected chi connectivity index (χ4v) is 4.12. The molecule has 1 aromatic carbocycles. The first-order chi connectivity index (χ1) is 16.2. The maximum Gasteiger partial charge on any atom is 0.238 e. The molecule has 2 aliphatic rings. The highest BCUT2D eigenvalue weighted by Crippen LogP contribution is 2.34. The van der Waals surface area contributed by atoms with Gasteiger partial charge in [0.25, 0.3) is 0 Å². The molecule has 2 N–H and O–H groups in total. The van der Waals surface area contributed by atoms with Crippen molar-refractivity contribution in [3.63, 3.8) is 0 Å². The third-order valence-electron chi connectivity index (χ3n) is 6.07. The summed E-state index contributed by atoms with van der Waals surface area (Å²) in [5, 5.41) is 13.3. The third kappa shape index (κ3) is 6.51. The number of rotatable bonds is 10. The summed E-state index contributed by atoms with van der Waals surface area (Å²) in [6, 6.07) is 8.15. The van der Waals surface area contributed by atoms with Gasteiger partial charge < -0.3 is 24.8 Å². The lowest BCUT2D eigenvalue weighted by Gasteiger charge is -2.21. The summed E-state index contributed by atoms with van der Waals surface area (Å²) in [6.07, 6.45) is 4.56. The average Bonchev–Trinajstić information content (AvgIpc) is 3.49. The molecule has 1 saturated heterocycles. The second-order valence-corrected chi connectivity index (χ2v) is 10.3. The van der Waals surface area contributed by atoms with Crippen molar-refractivity contribution >= 4 is 23.3 Å². The fourth-order valence-electron chi connectivity index (χ4n) is 3.84. The zero-order valence-electron chi connectivity index (χ0n) is 20.0. The smallest absolute Gasteiger partial charge is 0.238 e. The second kappa shape index (κ2) is 10.4. The Labute approximate surface area is 205 Å². The summed E-state index contributed by atoms with van der Waals surface area (Å²) in [5.41, 5.74) is 0.00242. The van der Waals surface area contributed by atoms with Crippen LogP contribution >= 0.6 is 11.6 Å². The summed E-state index contributed by atoms with van der Waals surface area (Å²) in [4.78, 5) is 22.8. The lowest BCUT2D eigenvalue weighted by molar-refractivity contribution is -0.122. The Bertz CT molecular complexity index is 991. The molecule has 184 valence electrons. The van der Waals surface area contributed by atoms with E-state index in [2.05, 4.69) is 20.2 Å². The van der Waals surface area contributed by atoms with Crippen LogP contribution < -0.4 is 19.7 Å². The number of carbonyl (C=O) groups is 1. The number of carbonyl (C=O) groups excluding carboxylic acids is 1. The Kier molecular flexibility index (Phi) is 7.48. The van der Waals surface area contributed by atoms with Gasteiger partial charge in [-0.15, -0.1) is 0 Å². The monoisotopic (exact) mass is 488 g/mol. The Balaban J connectivity index is 1.28. The minimum Gasteiger partial charge on any atom is -0.493 e. The topological polar surface area (TPSA) is 96.8 Å². The van der Waals surface area contributed by atoms with Crippen LogP contribution in [0.4, 0.5) is 5.82 Å². The highest BCUT2D eigenvalue weighted by molar-refractivity contribution is 6.34. The normalized spacial score (nSPS) is 19.1. The Morgan fingerprint density at radius 2 is 1.97 bits per heavy atom. The zero-order valence-corrected chi connectivity index (χ0v) is 20.7. The lowest BCUT2D eigenvalue weighted by Crippen LogP contribution is -2.29. The molecule has 0 bridgehead atoms. The number of anilines is 1. The summed E-state index contributed by atoms with van der Waals surface area (Å²) in [7, 11) is 0. The first-order valence-corrected chi connectivity index (χ1v) is 12.2. The molecule has 4 rings (SSSR count). The van der Waals surface area contributed by atoms with Gasteiger partial charge in [-0.05, 0) is 57.7 Å². The van der Waals surface area contributed by atoms with E-state index in [4.69, 9.17) is 21.1 Å². The molecule has 1 aliphatic carbocycles. The molecular formula is C25H33ClN4O4. The number of aliphatic hydroxyl groups is 1. The Morgan fingerprint density at radius 3 is 2.65 bits per heavy atom. The standard InChI is InChI=1S/C25H33ClN4O4/c1-16(23(31)29-19-6-7-19)18-4-8-20(9-5-18)33-13-17-10-11-30(12-17)22-21(26)24(28-15-27-22)34-14-25(2,3)32/h4-5,8-9,15-17,19,32H,6-7,10-14H2,1-3H3,(H,29,31). The molecule has 9 heteroatoms. The van der Waals surface area contributed by atoms with Crippen LogP contribution in [0.2, 0.25) is 5.02 Å². The first kappa shape index (κ1) is 24.5. The van der Waals surface area contributed by atoms with Gasteiger partial charge in [0.15, 0.2) is 5.82 Å². The minimum atomic E-state index is -0.982. The Hall–Kier alpha value is -2.58. The van der Waals surface area contributed by atoms with E-state index in [1.54, 1.807) is 13.8 Å². The van der Waals surface area contributed by atoms with Crippen LogP contribution in [0.1, 0.15) is 51.5 Å². The molecule has 8 nitrogen and oxygen atoms in total. The van der Waals surface area contributed by atoms with Gasteiger partial charge >= 0.3 is 0 Å². The van der Waals surface area contributed by atoms with E-state index in [-0.39, 0.29) is 24.3 Å². The summed E-state index contributed by atoms with van der Waals surface area (Å²) in [5.74, 6) is 1.93. The van der Waals surface area contributed by atoms with Crippen molar-refractivity contribution in [2.45, 2.75) is 57.6 Å². The van der Waals surface area contributed by atoms with Gasteiger partial charge in [-0.2, -0.15) is 0 Å². The Morgan fingerprint density at radius 1 is 1.24 bits per heavy atom. The summed E-state index contributed by atoms with van der Waals surface area (Å²) >= 11 is 6.50. The van der Waals surface area contributed by atoms with Gasteiger partial charge in [-0.25, -0.2) is 9.97 Å². The van der Waals surface area contributed by atoms with Gasteiger partial charge in [0, 0.05) is 25.0 Å². The van der Waals surface area contributed by atoms with Crippen LogP contribution in [0.3, 0.4) is 0 Å². The van der Waals surface area contributed by atoms with Crippen LogP contribution in [-0.2, 0) is 4.79 Å². The maximum absolute atomic E-state index is 12.3. The van der Waals surface area contributed by atoms with Gasteiger partial charge in [0.2, 0.25) is 11.8 Å². The van der Waals surface area contributed by atoms with E-state index in [0.29, 0.717) is 29.4 Å².